The Balaban J connectivity index is 2.53. The van der Waals surface area contributed by atoms with Gasteiger partial charge in [-0.05, 0) is 36.9 Å². The molecule has 1 unspecified atom stereocenters. The van der Waals surface area contributed by atoms with E-state index < -0.39 is 0 Å². The summed E-state index contributed by atoms with van der Waals surface area (Å²) in [7, 11) is 0. The van der Waals surface area contributed by atoms with E-state index in [1.54, 1.807) is 0 Å². The molecule has 0 radical (unpaired) electrons. The summed E-state index contributed by atoms with van der Waals surface area (Å²) in [4.78, 5) is 0. The topological polar surface area (TPSA) is 38.0 Å². The number of benzene rings is 1. The number of rotatable bonds is 5. The van der Waals surface area contributed by atoms with Crippen LogP contribution in [-0.4, -0.2) is 13.1 Å². The van der Waals surface area contributed by atoms with Crippen LogP contribution >= 0.6 is 0 Å². The van der Waals surface area contributed by atoms with Crippen LogP contribution in [0.3, 0.4) is 0 Å². The van der Waals surface area contributed by atoms with Gasteiger partial charge in [0.25, 0.3) is 0 Å². The molecule has 0 saturated carbocycles. The smallest absolute Gasteiger partial charge is 0.0369 e. The quantitative estimate of drug-likeness (QED) is 0.777. The molecule has 3 N–H and O–H groups in total. The van der Waals surface area contributed by atoms with Crippen molar-refractivity contribution < 1.29 is 0 Å². The van der Waals surface area contributed by atoms with E-state index in [1.165, 1.54) is 11.3 Å². The van der Waals surface area contributed by atoms with Crippen LogP contribution in [0.4, 0.5) is 5.69 Å². The summed E-state index contributed by atoms with van der Waals surface area (Å²) in [6.45, 7) is 8.26. The Morgan fingerprint density at radius 3 is 2.47 bits per heavy atom. The molecule has 0 heterocycles. The minimum Gasteiger partial charge on any atom is -0.384 e. The average Bonchev–Trinajstić information content (AvgIpc) is 2.21. The van der Waals surface area contributed by atoms with Gasteiger partial charge in [-0.1, -0.05) is 32.0 Å². The highest BCUT2D eigenvalue weighted by Crippen LogP contribution is 2.15. The van der Waals surface area contributed by atoms with Gasteiger partial charge in [-0.25, -0.2) is 0 Å². The number of nitrogens with one attached hydrogen (secondary N) is 1. The lowest BCUT2D eigenvalue weighted by Crippen LogP contribution is -2.27. The molecular weight excluding hydrogens is 184 g/mol. The summed E-state index contributed by atoms with van der Waals surface area (Å²) in [5.74, 6) is 1.18. The summed E-state index contributed by atoms with van der Waals surface area (Å²) < 4.78 is 0. The second kappa shape index (κ2) is 5.76. The Hall–Kier alpha value is -1.02. The maximum absolute atomic E-state index is 5.74. The van der Waals surface area contributed by atoms with E-state index in [4.69, 9.17) is 5.73 Å². The number of para-hydroxylation sites is 1. The zero-order valence-corrected chi connectivity index (χ0v) is 9.96. The highest BCUT2D eigenvalue weighted by molar-refractivity contribution is 5.50. The molecule has 0 fully saturated rings. The highest BCUT2D eigenvalue weighted by atomic mass is 14.9. The number of hydrogen-bond donors (Lipinski definition) is 2. The van der Waals surface area contributed by atoms with Crippen molar-refractivity contribution in [1.82, 2.24) is 0 Å². The minimum absolute atomic E-state index is 0.546. The van der Waals surface area contributed by atoms with E-state index in [0.29, 0.717) is 11.8 Å². The van der Waals surface area contributed by atoms with Gasteiger partial charge in [0.05, 0.1) is 0 Å². The largest absolute Gasteiger partial charge is 0.384 e. The molecule has 1 aromatic carbocycles. The normalized spacial score (nSPS) is 12.9. The Morgan fingerprint density at radius 1 is 1.27 bits per heavy atom. The fraction of sp³-hybridized carbons (Fsp3) is 0.538. The van der Waals surface area contributed by atoms with Crippen LogP contribution in [0.2, 0.25) is 0 Å². The van der Waals surface area contributed by atoms with Crippen molar-refractivity contribution in [1.29, 1.82) is 0 Å². The second-order valence-electron chi connectivity index (χ2n) is 4.44. The van der Waals surface area contributed by atoms with E-state index in [9.17, 15) is 0 Å². The van der Waals surface area contributed by atoms with E-state index >= 15 is 0 Å². The molecule has 0 aliphatic heterocycles. The molecular formula is C13H22N2. The standard InChI is InChI=1S/C13H22N2/c1-10(2)12(8-14)9-15-13-7-5-4-6-11(13)3/h4-7,10,12,15H,8-9,14H2,1-3H3. The van der Waals surface area contributed by atoms with Crippen LogP contribution in [0.5, 0.6) is 0 Å². The monoisotopic (exact) mass is 206 g/mol. The lowest BCUT2D eigenvalue weighted by atomic mass is 9.96. The molecule has 0 bridgehead atoms. The molecule has 1 aromatic rings. The molecule has 1 rings (SSSR count). The first-order valence-electron chi connectivity index (χ1n) is 5.64. The summed E-state index contributed by atoms with van der Waals surface area (Å²) >= 11 is 0. The summed E-state index contributed by atoms with van der Waals surface area (Å²) in [6, 6.07) is 8.35. The maximum atomic E-state index is 5.74. The van der Waals surface area contributed by atoms with E-state index in [0.717, 1.165) is 13.1 Å². The molecule has 0 spiro atoms. The fourth-order valence-electron chi connectivity index (χ4n) is 1.60. The van der Waals surface area contributed by atoms with Crippen LogP contribution in [0, 0.1) is 18.8 Å². The summed E-state index contributed by atoms with van der Waals surface area (Å²) in [6.07, 6.45) is 0. The number of hydrogen-bond acceptors (Lipinski definition) is 2. The highest BCUT2D eigenvalue weighted by Gasteiger charge is 2.10. The van der Waals surface area contributed by atoms with Gasteiger partial charge in [0.2, 0.25) is 0 Å². The molecule has 2 heteroatoms. The van der Waals surface area contributed by atoms with Crippen LogP contribution in [0.15, 0.2) is 24.3 Å². The van der Waals surface area contributed by atoms with E-state index in [1.807, 2.05) is 0 Å². The van der Waals surface area contributed by atoms with Crippen molar-refractivity contribution >= 4 is 5.69 Å². The zero-order valence-electron chi connectivity index (χ0n) is 9.96. The third-order valence-corrected chi connectivity index (χ3v) is 2.95. The van der Waals surface area contributed by atoms with Gasteiger partial charge in [-0.3, -0.25) is 0 Å². The van der Waals surface area contributed by atoms with Gasteiger partial charge in [0, 0.05) is 12.2 Å². The van der Waals surface area contributed by atoms with Crippen LogP contribution in [0.25, 0.3) is 0 Å². The maximum Gasteiger partial charge on any atom is 0.0369 e. The van der Waals surface area contributed by atoms with Crippen LogP contribution < -0.4 is 11.1 Å². The fourth-order valence-corrected chi connectivity index (χ4v) is 1.60. The van der Waals surface area contributed by atoms with Crippen LogP contribution in [0.1, 0.15) is 19.4 Å². The molecule has 15 heavy (non-hydrogen) atoms. The number of anilines is 1. The molecule has 0 aliphatic carbocycles. The lowest BCUT2D eigenvalue weighted by molar-refractivity contribution is 0.413. The summed E-state index contributed by atoms with van der Waals surface area (Å²) in [5, 5.41) is 3.47. The lowest BCUT2D eigenvalue weighted by Gasteiger charge is -2.20. The Morgan fingerprint density at radius 2 is 1.93 bits per heavy atom. The first-order valence-corrected chi connectivity index (χ1v) is 5.64. The second-order valence-corrected chi connectivity index (χ2v) is 4.44. The molecule has 84 valence electrons. The zero-order chi connectivity index (χ0) is 11.3. The van der Waals surface area contributed by atoms with E-state index in [2.05, 4.69) is 50.4 Å². The molecule has 2 nitrogen and oxygen atoms in total. The average molecular weight is 206 g/mol. The third-order valence-electron chi connectivity index (χ3n) is 2.95. The third kappa shape index (κ3) is 3.56. The minimum atomic E-state index is 0.546. The van der Waals surface area contributed by atoms with Crippen molar-refractivity contribution in [3.05, 3.63) is 29.8 Å². The Bertz CT molecular complexity index is 294. The Labute approximate surface area is 92.9 Å². The van der Waals surface area contributed by atoms with Gasteiger partial charge in [-0.2, -0.15) is 0 Å². The van der Waals surface area contributed by atoms with Crippen molar-refractivity contribution in [2.75, 3.05) is 18.4 Å². The molecule has 1 atom stereocenters. The van der Waals surface area contributed by atoms with Gasteiger partial charge < -0.3 is 11.1 Å². The summed E-state index contributed by atoms with van der Waals surface area (Å²) in [5.41, 5.74) is 8.24. The molecule has 0 amide bonds. The van der Waals surface area contributed by atoms with Crippen molar-refractivity contribution in [3.63, 3.8) is 0 Å². The predicted octanol–water partition coefficient (Wildman–Crippen LogP) is 2.64. The Kier molecular flexibility index (Phi) is 4.63. The molecule has 0 aromatic heterocycles. The van der Waals surface area contributed by atoms with Gasteiger partial charge in [-0.15, -0.1) is 0 Å². The number of nitrogens with two attached hydrogens (primary N) is 1. The SMILES string of the molecule is Cc1ccccc1NCC(CN)C(C)C. The molecule has 0 aliphatic rings. The number of aryl methyl sites for hydroxylation is 1. The van der Waals surface area contributed by atoms with Crippen molar-refractivity contribution in [3.8, 4) is 0 Å². The van der Waals surface area contributed by atoms with Crippen molar-refractivity contribution in [2.24, 2.45) is 17.6 Å². The van der Waals surface area contributed by atoms with Crippen molar-refractivity contribution in [2.45, 2.75) is 20.8 Å². The predicted molar refractivity (Wildman–Crippen MR) is 67.1 cm³/mol. The first kappa shape index (κ1) is 12.1. The van der Waals surface area contributed by atoms with Gasteiger partial charge in [0.15, 0.2) is 0 Å². The van der Waals surface area contributed by atoms with Gasteiger partial charge in [0.1, 0.15) is 0 Å². The van der Waals surface area contributed by atoms with Crippen LogP contribution in [-0.2, 0) is 0 Å². The first-order chi connectivity index (χ1) is 7.15. The van der Waals surface area contributed by atoms with E-state index in [-0.39, 0.29) is 0 Å². The van der Waals surface area contributed by atoms with Gasteiger partial charge >= 0.3 is 0 Å². The molecule has 0 saturated heterocycles.